The van der Waals surface area contributed by atoms with Crippen molar-refractivity contribution in [2.45, 2.75) is 185 Å². The highest BCUT2D eigenvalue weighted by atomic mass is 35.5. The zero-order valence-corrected chi connectivity index (χ0v) is 68.9. The van der Waals surface area contributed by atoms with Gasteiger partial charge in [-0.1, -0.05) is 127 Å². The van der Waals surface area contributed by atoms with Crippen molar-refractivity contribution in [3.8, 4) is 6.07 Å². The second kappa shape index (κ2) is 54.2. The molecule has 672 valence electrons. The quantitative estimate of drug-likeness (QED) is 0.0171. The first-order chi connectivity index (χ1) is 58.2. The molecule has 7 N–H and O–H groups in total. The molecule has 5 heterocycles. The lowest BCUT2D eigenvalue weighted by Gasteiger charge is -2.26. The van der Waals surface area contributed by atoms with Gasteiger partial charge in [-0.25, -0.2) is 0 Å². The van der Waals surface area contributed by atoms with Crippen molar-refractivity contribution in [1.29, 1.82) is 5.26 Å². The van der Waals surface area contributed by atoms with Crippen molar-refractivity contribution in [3.05, 3.63) is 211 Å². The first-order valence-corrected chi connectivity index (χ1v) is 39.8. The lowest BCUT2D eigenvalue weighted by atomic mass is 10.1. The van der Waals surface area contributed by atoms with Crippen molar-refractivity contribution in [2.75, 3.05) is 103 Å². The van der Waals surface area contributed by atoms with Gasteiger partial charge in [0.25, 0.3) is 16.8 Å². The van der Waals surface area contributed by atoms with E-state index in [1.165, 1.54) is 114 Å². The van der Waals surface area contributed by atoms with E-state index in [0.29, 0.717) is 48.1 Å². The van der Waals surface area contributed by atoms with Gasteiger partial charge in [0, 0.05) is 96.5 Å². The predicted molar refractivity (Wildman–Crippen MR) is 445 cm³/mol. The van der Waals surface area contributed by atoms with Gasteiger partial charge in [-0.2, -0.15) is 75.5 Å². The lowest BCUT2D eigenvalue weighted by Crippen LogP contribution is -2.35. The van der Waals surface area contributed by atoms with Crippen LogP contribution in [-0.2, 0) is 30.9 Å². The number of benzene rings is 6. The summed E-state index contributed by atoms with van der Waals surface area (Å²) in [6, 6.07) is 28.2. The molecule has 5 fully saturated rings. The number of nitro benzene ring substituents is 2. The van der Waals surface area contributed by atoms with Crippen LogP contribution < -0.4 is 41.7 Å². The number of alkyl halides is 16. The second-order valence-electron chi connectivity index (χ2n) is 27.7. The number of nitrogens with two attached hydrogens (primary N) is 2. The molecular formula is C84H102ClF17N12O7S. The molecule has 4 saturated heterocycles. The summed E-state index contributed by atoms with van der Waals surface area (Å²) in [5, 5.41) is 40.2. The molecule has 122 heavy (non-hydrogen) atoms. The number of thiocarbonyl (C=S) groups is 1. The van der Waals surface area contributed by atoms with E-state index < -0.39 is 104 Å². The Bertz CT molecular complexity index is 4250. The Kier molecular flexibility index (Phi) is 46.2. The van der Waals surface area contributed by atoms with Crippen molar-refractivity contribution < 1.29 is 101 Å². The molecule has 5 aliphatic rings. The smallest absolute Gasteiger partial charge is 0.400 e. The Morgan fingerprint density at radius 3 is 1.07 bits per heavy atom. The van der Waals surface area contributed by atoms with Gasteiger partial charge in [0.15, 0.2) is 5.11 Å². The van der Waals surface area contributed by atoms with E-state index in [4.69, 9.17) is 47.0 Å². The minimum absolute atomic E-state index is 0.0748. The van der Waals surface area contributed by atoms with Crippen molar-refractivity contribution in [1.82, 2.24) is 10.3 Å². The fourth-order valence-corrected chi connectivity index (χ4v) is 13.3. The molecule has 0 bridgehead atoms. The number of rotatable bonds is 9. The molecule has 0 spiro atoms. The molecule has 1 aromatic heterocycles. The van der Waals surface area contributed by atoms with E-state index in [1.807, 2.05) is 11.0 Å². The normalized spacial score (nSPS) is 15.1. The molecule has 1 amide bonds. The van der Waals surface area contributed by atoms with Crippen molar-refractivity contribution in [2.24, 2.45) is 0 Å². The van der Waals surface area contributed by atoms with Crippen LogP contribution in [0.5, 0.6) is 0 Å². The summed E-state index contributed by atoms with van der Waals surface area (Å²) in [6.45, 7) is 7.72. The number of nitro groups is 2. The van der Waals surface area contributed by atoms with Gasteiger partial charge >= 0.3 is 36.6 Å². The summed E-state index contributed by atoms with van der Waals surface area (Å²) in [5.74, 6) is -1.78. The number of carbonyl (C=O) groups is 2. The summed E-state index contributed by atoms with van der Waals surface area (Å²) >= 11 is 10.3. The zero-order valence-electron chi connectivity index (χ0n) is 68.3. The third-order valence-electron chi connectivity index (χ3n) is 18.9. The van der Waals surface area contributed by atoms with Gasteiger partial charge in [0.2, 0.25) is 5.82 Å². The average molecular weight is 1780 g/mol. The first kappa shape index (κ1) is 104. The predicted octanol–water partition coefficient (Wildman–Crippen LogP) is 24.2. The molecule has 19 nitrogen and oxygen atoms in total. The van der Waals surface area contributed by atoms with Crippen LogP contribution in [0.3, 0.4) is 0 Å². The largest absolute Gasteiger partial charge is 0.416 e. The average Bonchev–Trinajstić information content (AvgIpc) is 1.53. The summed E-state index contributed by atoms with van der Waals surface area (Å²) in [6.07, 6.45) is 8.03. The van der Waals surface area contributed by atoms with Crippen molar-refractivity contribution in [3.63, 3.8) is 0 Å². The highest BCUT2D eigenvalue weighted by Gasteiger charge is 2.37. The maximum absolute atomic E-state index is 13.2. The molecule has 1 saturated carbocycles. The fraction of sp³-hybridized carbons (Fsp3) is 0.464. The number of halogens is 18. The third kappa shape index (κ3) is 38.4. The van der Waals surface area contributed by atoms with Gasteiger partial charge in [0.1, 0.15) is 5.69 Å². The highest BCUT2D eigenvalue weighted by Crippen LogP contribution is 2.41. The number of hydrogen-bond acceptors (Lipinski definition) is 16. The number of aliphatic hydroxyl groups excluding tert-OH is 1. The number of aliphatic hydroxyl groups is 1. The number of amides is 1. The maximum Gasteiger partial charge on any atom is 0.416 e. The number of pyridine rings is 1. The Morgan fingerprint density at radius 1 is 0.475 bits per heavy atom. The molecule has 1 aliphatic carbocycles. The van der Waals surface area contributed by atoms with Crippen LogP contribution in [0.25, 0.3) is 0 Å². The van der Waals surface area contributed by atoms with Crippen LogP contribution in [0.4, 0.5) is 126 Å². The Balaban J connectivity index is 0.000000377. The molecule has 38 heteroatoms. The van der Waals surface area contributed by atoms with Gasteiger partial charge < -0.3 is 41.5 Å². The van der Waals surface area contributed by atoms with Gasteiger partial charge in [0.05, 0.1) is 91.9 Å². The molecule has 0 atom stereocenters. The number of anilines is 7. The van der Waals surface area contributed by atoms with Crippen LogP contribution in [0.2, 0.25) is 0 Å². The SMILES string of the molecule is C1CCCCCC1.CC#N.CO.Nc1cc(C(F)(F)F)ccc1N1CCCCCC1.Nc1cc(C(F)(F)F)ccc1N1CCCCCC1.O=C(Cl)c1ccccc1.O=C(NC(=S)Nc1cc(C(F)(F)F)ccc1N1CCCCCC1)c1cccnc1.O=[N+]([O-])c1cc(C(F)(F)F)ccc1F.O=[N+]([O-])c1cc(C(F)(F)F)ccc1N1CCCCCC1.[2H]CF. The molecule has 7 aromatic rings. The summed E-state index contributed by atoms with van der Waals surface area (Å²) in [4.78, 5) is 53.7. The van der Waals surface area contributed by atoms with Gasteiger partial charge in [-0.15, -0.1) is 0 Å². The second-order valence-corrected chi connectivity index (χ2v) is 28.5. The number of aromatic nitrogens is 1. The van der Waals surface area contributed by atoms with E-state index in [9.17, 15) is 104 Å². The fourth-order valence-electron chi connectivity index (χ4n) is 12.9. The van der Waals surface area contributed by atoms with Crippen LogP contribution in [0, 0.1) is 37.4 Å². The lowest BCUT2D eigenvalue weighted by molar-refractivity contribution is -0.387. The van der Waals surface area contributed by atoms with Crippen LogP contribution in [0.15, 0.2) is 146 Å². The number of nitriles is 1. The molecule has 0 radical (unpaired) electrons. The van der Waals surface area contributed by atoms with E-state index >= 15 is 0 Å². The van der Waals surface area contributed by atoms with E-state index in [1.54, 1.807) is 42.5 Å². The Morgan fingerprint density at radius 2 is 0.762 bits per heavy atom. The molecule has 4 aliphatic heterocycles. The van der Waals surface area contributed by atoms with Crippen LogP contribution >= 0.6 is 23.8 Å². The number of nitrogens with one attached hydrogen (secondary N) is 2. The number of carbonyl (C=O) groups excluding carboxylic acids is 2. The Labute approximate surface area is 709 Å². The third-order valence-corrected chi connectivity index (χ3v) is 19.4. The summed E-state index contributed by atoms with van der Waals surface area (Å²) in [5.41, 5.74) is 9.36. The monoisotopic (exact) mass is 1780 g/mol. The summed E-state index contributed by atoms with van der Waals surface area (Å²) in [7, 11) is 0. The minimum Gasteiger partial charge on any atom is -0.400 e. The van der Waals surface area contributed by atoms with Gasteiger partial charge in [-0.05, 0) is 166 Å². The Hall–Kier alpha value is -10.4. The van der Waals surface area contributed by atoms with Crippen LogP contribution in [0.1, 0.15) is 205 Å². The standard InChI is InChI=1S/C20H21F3N4OS.C13H15F3N2O2.2C13H17F3N2.C7H5ClO.C7H3F4NO2.C7H14.C2H3N.CH3F.CH4O/c21-20(22,23)15-7-8-17(27-10-3-1-2-4-11-27)16(12-15)25-19(29)26-18(28)14-6-5-9-24-13-14;14-13(15,16)10-5-6-11(12(9-10)18(19)20)17-7-3-1-2-4-8-17;2*14-13(15,16)10-5-6-12(11(17)9-10)18-7-3-1-2-4-8-18;8-7(9)6-4-2-1-3-5-6;8-5-2-1-4(7(9,10)11)3-6(5)12(13)14;1-2-4-6-7-5-3-1;1-2-3;2*1-2/h5-9,12-13H,1-4,10-11H2,(H2,25,26,28,29);5-6,9H,1-4,7-8H2;2*5-6,9H,1-4,7-8,17H2;1-5H;1-3H;1-7H2;1H3;1H3;2H,1H3/i;;;;;;;;1D;. The zero-order chi connectivity index (χ0) is 91.9. The number of hydrogen-bond donors (Lipinski definition) is 5. The van der Waals surface area contributed by atoms with Crippen molar-refractivity contribution >= 4 is 91.3 Å². The number of nitrogen functional groups attached to an aromatic ring is 2. The highest BCUT2D eigenvalue weighted by molar-refractivity contribution is 7.80. The maximum atomic E-state index is 13.2. The minimum atomic E-state index is -4.71. The van der Waals surface area contributed by atoms with E-state index in [-0.39, 0.29) is 33.9 Å². The first-order valence-electron chi connectivity index (χ1n) is 39.8. The van der Waals surface area contributed by atoms with Crippen LogP contribution in [-0.4, -0.2) is 103 Å². The topological polar surface area (TPSA) is 266 Å². The number of nitrogens with zero attached hydrogens (tertiary/aromatic N) is 8. The molecule has 6 aromatic carbocycles. The van der Waals surface area contributed by atoms with E-state index in [0.717, 1.165) is 177 Å². The molecular weight excluding hydrogens is 1680 g/mol. The summed E-state index contributed by atoms with van der Waals surface area (Å²) < 4.78 is 217. The van der Waals surface area contributed by atoms with Gasteiger partial charge in [-0.3, -0.25) is 44.5 Å². The molecule has 12 rings (SSSR count). The van der Waals surface area contributed by atoms with E-state index in [2.05, 4.69) is 30.3 Å². The molecule has 0 unspecified atom stereocenters.